The van der Waals surface area contributed by atoms with Gasteiger partial charge in [0.05, 0.1) is 22.0 Å². The van der Waals surface area contributed by atoms with Crippen LogP contribution in [0.25, 0.3) is 0 Å². The highest BCUT2D eigenvalue weighted by Crippen LogP contribution is 2.28. The second-order valence-electron chi connectivity index (χ2n) is 7.91. The molecule has 7 nitrogen and oxygen atoms in total. The molecule has 2 aromatic rings. The summed E-state index contributed by atoms with van der Waals surface area (Å²) in [4.78, 5) is 27.8. The zero-order valence-corrected chi connectivity index (χ0v) is 22.0. The molecule has 0 aliphatic carbocycles. The van der Waals surface area contributed by atoms with E-state index in [1.807, 2.05) is 44.2 Å². The van der Waals surface area contributed by atoms with Gasteiger partial charge in [-0.1, -0.05) is 67.4 Å². The summed E-state index contributed by atoms with van der Waals surface area (Å²) in [7, 11) is -3.83. The summed E-state index contributed by atoms with van der Waals surface area (Å²) in [5.41, 5.74) is 1.23. The number of hydrogen-bond donors (Lipinski definition) is 1. The highest BCUT2D eigenvalue weighted by Gasteiger charge is 2.31. The topological polar surface area (TPSA) is 86.8 Å². The summed E-state index contributed by atoms with van der Waals surface area (Å²) in [5.74, 6) is -0.739. The fraction of sp³-hybridized carbons (Fsp3) is 0.417. The molecule has 0 aromatic heterocycles. The lowest BCUT2D eigenvalue weighted by atomic mass is 10.1. The van der Waals surface area contributed by atoms with E-state index in [0.29, 0.717) is 19.4 Å². The van der Waals surface area contributed by atoms with Crippen LogP contribution in [-0.2, 0) is 26.0 Å². The highest BCUT2D eigenvalue weighted by atomic mass is 35.5. The third-order valence-corrected chi connectivity index (χ3v) is 7.17. The van der Waals surface area contributed by atoms with Crippen LogP contribution >= 0.6 is 23.2 Å². The molecule has 2 aromatic carbocycles. The molecule has 0 bridgehead atoms. The summed E-state index contributed by atoms with van der Waals surface area (Å²) in [6.07, 6.45) is 2.69. The van der Waals surface area contributed by atoms with Gasteiger partial charge in [-0.15, -0.1) is 0 Å². The average molecular weight is 529 g/mol. The van der Waals surface area contributed by atoms with Gasteiger partial charge >= 0.3 is 0 Å². The van der Waals surface area contributed by atoms with Crippen LogP contribution in [0.1, 0.15) is 32.3 Å². The van der Waals surface area contributed by atoms with Gasteiger partial charge in [0, 0.05) is 13.1 Å². The predicted molar refractivity (Wildman–Crippen MR) is 138 cm³/mol. The largest absolute Gasteiger partial charge is 0.354 e. The van der Waals surface area contributed by atoms with E-state index in [2.05, 4.69) is 5.32 Å². The van der Waals surface area contributed by atoms with Crippen molar-refractivity contribution in [2.24, 2.45) is 0 Å². The maximum absolute atomic E-state index is 13.5. The third-order valence-electron chi connectivity index (χ3n) is 5.29. The summed E-state index contributed by atoms with van der Waals surface area (Å²) in [6.45, 7) is 4.06. The molecule has 0 radical (unpaired) electrons. The predicted octanol–water partition coefficient (Wildman–Crippen LogP) is 4.14. The van der Waals surface area contributed by atoms with Gasteiger partial charge in [0.25, 0.3) is 0 Å². The van der Waals surface area contributed by atoms with Gasteiger partial charge in [-0.05, 0) is 43.0 Å². The van der Waals surface area contributed by atoms with Crippen LogP contribution in [0.3, 0.4) is 0 Å². The number of nitrogens with zero attached hydrogens (tertiary/aromatic N) is 2. The van der Waals surface area contributed by atoms with E-state index in [1.54, 1.807) is 0 Å². The first kappa shape index (κ1) is 28.0. The number of carbonyl (C=O) groups excluding carboxylic acids is 2. The van der Waals surface area contributed by atoms with Gasteiger partial charge in [-0.25, -0.2) is 8.42 Å². The molecule has 34 heavy (non-hydrogen) atoms. The van der Waals surface area contributed by atoms with Gasteiger partial charge in [0.15, 0.2) is 0 Å². The number of rotatable bonds is 12. The molecule has 1 N–H and O–H groups in total. The van der Waals surface area contributed by atoms with Crippen molar-refractivity contribution >= 4 is 50.7 Å². The number of sulfonamides is 1. The first-order valence-electron chi connectivity index (χ1n) is 11.1. The Labute approximate surface area is 212 Å². The maximum Gasteiger partial charge on any atom is 0.244 e. The molecule has 2 rings (SSSR count). The highest BCUT2D eigenvalue weighted by molar-refractivity contribution is 7.92. The van der Waals surface area contributed by atoms with Crippen molar-refractivity contribution in [1.82, 2.24) is 10.2 Å². The minimum Gasteiger partial charge on any atom is -0.354 e. The van der Waals surface area contributed by atoms with Crippen LogP contribution in [0.5, 0.6) is 0 Å². The maximum atomic E-state index is 13.5. The quantitative estimate of drug-likeness (QED) is 0.449. The van der Waals surface area contributed by atoms with E-state index < -0.39 is 28.5 Å². The number of anilines is 1. The van der Waals surface area contributed by atoms with E-state index in [4.69, 9.17) is 23.2 Å². The zero-order chi connectivity index (χ0) is 25.3. The Bertz CT molecular complexity index is 1080. The minimum absolute atomic E-state index is 0.173. The van der Waals surface area contributed by atoms with E-state index in [-0.39, 0.29) is 28.2 Å². The number of nitrogens with one attached hydrogen (secondary N) is 1. The summed E-state index contributed by atoms with van der Waals surface area (Å²) >= 11 is 12.1. The number of amides is 2. The van der Waals surface area contributed by atoms with Crippen molar-refractivity contribution in [1.29, 1.82) is 0 Å². The second-order valence-corrected chi connectivity index (χ2v) is 10.6. The van der Waals surface area contributed by atoms with Crippen molar-refractivity contribution in [3.05, 3.63) is 64.1 Å². The number of carbonyl (C=O) groups is 2. The lowest BCUT2D eigenvalue weighted by Crippen LogP contribution is -2.53. The molecule has 186 valence electrons. The molecular weight excluding hydrogens is 497 g/mol. The van der Waals surface area contributed by atoms with Gasteiger partial charge in [-0.3, -0.25) is 13.9 Å². The Morgan fingerprint density at radius 2 is 1.71 bits per heavy atom. The fourth-order valence-corrected chi connectivity index (χ4v) is 4.65. The monoisotopic (exact) mass is 527 g/mol. The van der Waals surface area contributed by atoms with Crippen LogP contribution in [0.4, 0.5) is 5.69 Å². The smallest absolute Gasteiger partial charge is 0.244 e. The Kier molecular flexibility index (Phi) is 10.7. The first-order chi connectivity index (χ1) is 16.1. The molecule has 0 unspecified atom stereocenters. The summed E-state index contributed by atoms with van der Waals surface area (Å²) < 4.78 is 26.1. The van der Waals surface area contributed by atoms with E-state index >= 15 is 0 Å². The molecular formula is C24H31Cl2N3O4S. The second kappa shape index (κ2) is 13.0. The van der Waals surface area contributed by atoms with Gasteiger partial charge in [-0.2, -0.15) is 0 Å². The molecule has 2 amide bonds. The first-order valence-corrected chi connectivity index (χ1v) is 13.7. The molecule has 0 spiro atoms. The lowest BCUT2D eigenvalue weighted by molar-refractivity contribution is -0.139. The average Bonchev–Trinajstić information content (AvgIpc) is 2.80. The van der Waals surface area contributed by atoms with Gasteiger partial charge in [0.2, 0.25) is 21.8 Å². The van der Waals surface area contributed by atoms with Crippen LogP contribution in [-0.4, -0.2) is 57.1 Å². The van der Waals surface area contributed by atoms with Crippen molar-refractivity contribution in [3.8, 4) is 0 Å². The van der Waals surface area contributed by atoms with E-state index in [9.17, 15) is 18.0 Å². The number of hydrogen-bond acceptors (Lipinski definition) is 4. The Morgan fingerprint density at radius 3 is 2.26 bits per heavy atom. The van der Waals surface area contributed by atoms with Crippen LogP contribution in [0, 0.1) is 0 Å². The SMILES string of the molecule is CCCNC(=O)[C@@H](CC)N(CCc1ccccc1)C(=O)CN(c1ccc(Cl)c(Cl)c1)S(C)(=O)=O. The van der Waals surface area contributed by atoms with Crippen LogP contribution in [0.2, 0.25) is 10.0 Å². The molecule has 1 atom stereocenters. The zero-order valence-electron chi connectivity index (χ0n) is 19.6. The molecule has 10 heteroatoms. The van der Waals surface area contributed by atoms with E-state index in [1.165, 1.54) is 23.1 Å². The van der Waals surface area contributed by atoms with Crippen molar-refractivity contribution in [2.75, 3.05) is 30.2 Å². The van der Waals surface area contributed by atoms with Crippen LogP contribution < -0.4 is 9.62 Å². The minimum atomic E-state index is -3.83. The molecule has 0 aliphatic rings. The normalized spacial score (nSPS) is 12.1. The number of benzene rings is 2. The summed E-state index contributed by atoms with van der Waals surface area (Å²) in [5, 5.41) is 3.29. The lowest BCUT2D eigenvalue weighted by Gasteiger charge is -2.33. The molecule has 0 saturated carbocycles. The van der Waals surface area contributed by atoms with Crippen LogP contribution in [0.15, 0.2) is 48.5 Å². The van der Waals surface area contributed by atoms with Crippen molar-refractivity contribution in [2.45, 2.75) is 39.2 Å². The van der Waals surface area contributed by atoms with Crippen molar-refractivity contribution in [3.63, 3.8) is 0 Å². The Balaban J connectivity index is 2.36. The molecule has 0 aliphatic heterocycles. The fourth-order valence-electron chi connectivity index (χ4n) is 3.52. The molecule has 0 heterocycles. The molecule has 0 saturated heterocycles. The Morgan fingerprint density at radius 1 is 1.03 bits per heavy atom. The molecule has 0 fully saturated rings. The summed E-state index contributed by atoms with van der Waals surface area (Å²) in [6, 6.07) is 13.2. The van der Waals surface area contributed by atoms with Crippen molar-refractivity contribution < 1.29 is 18.0 Å². The number of halogens is 2. The van der Waals surface area contributed by atoms with Gasteiger partial charge in [0.1, 0.15) is 12.6 Å². The van der Waals surface area contributed by atoms with E-state index in [0.717, 1.165) is 22.5 Å². The standard InChI is InChI=1S/C24H31Cl2N3O4S/c1-4-14-27-24(31)22(5-2)28(15-13-18-9-7-6-8-10-18)23(30)17-29(34(3,32)33)19-11-12-20(25)21(26)16-19/h6-12,16,22H,4-5,13-15,17H2,1-3H3,(H,27,31)/t22-/m1/s1. The van der Waals surface area contributed by atoms with Gasteiger partial charge < -0.3 is 10.2 Å². The Hall–Kier alpha value is -2.29. The third kappa shape index (κ3) is 7.89.